The Balaban J connectivity index is 2.28. The molecule has 2 aromatic rings. The largest absolute Gasteiger partial charge is 0.423 e. The van der Waals surface area contributed by atoms with Gasteiger partial charge in [0.05, 0.1) is 0 Å². The van der Waals surface area contributed by atoms with Crippen LogP contribution in [0.3, 0.4) is 0 Å². The molecule has 0 atom stereocenters. The number of ether oxygens (including phenoxy) is 1. The summed E-state index contributed by atoms with van der Waals surface area (Å²) in [4.78, 5) is 11.3. The zero-order valence-corrected chi connectivity index (χ0v) is 10.8. The van der Waals surface area contributed by atoms with Gasteiger partial charge in [-0.05, 0) is 18.2 Å². The van der Waals surface area contributed by atoms with Gasteiger partial charge in [-0.15, -0.1) is 0 Å². The number of allylic oxidation sites excluding steroid dienone is 1. The van der Waals surface area contributed by atoms with Gasteiger partial charge >= 0.3 is 5.97 Å². The number of esters is 1. The van der Waals surface area contributed by atoms with E-state index in [4.69, 9.17) is 4.74 Å². The summed E-state index contributed by atoms with van der Waals surface area (Å²) in [7, 11) is 0. The number of hydrogen-bond acceptors (Lipinski definition) is 2. The van der Waals surface area contributed by atoms with Crippen molar-refractivity contribution in [3.63, 3.8) is 0 Å². The minimum atomic E-state index is -0.560. The lowest BCUT2D eigenvalue weighted by Crippen LogP contribution is -2.01. The maximum atomic E-state index is 14.1. The number of carbonyl (C=O) groups is 1. The van der Waals surface area contributed by atoms with Crippen molar-refractivity contribution < 1.29 is 18.3 Å². The van der Waals surface area contributed by atoms with Crippen molar-refractivity contribution >= 4 is 11.5 Å². The van der Waals surface area contributed by atoms with E-state index >= 15 is 0 Å². The summed E-state index contributed by atoms with van der Waals surface area (Å²) < 4.78 is 33.2. The van der Waals surface area contributed by atoms with E-state index in [0.717, 1.165) is 0 Å². The van der Waals surface area contributed by atoms with E-state index in [1.54, 1.807) is 24.3 Å². The van der Waals surface area contributed by atoms with Crippen LogP contribution >= 0.6 is 0 Å². The van der Waals surface area contributed by atoms with E-state index < -0.39 is 17.6 Å². The lowest BCUT2D eigenvalue weighted by atomic mass is 9.95. The fourth-order valence-electron chi connectivity index (χ4n) is 2.19. The molecular formula is C17H10F2O2. The standard InChI is InChI=1S/C17H10F2O2/c18-13-7-3-1-5-11(13)17(15-9-10-16(20)21-15)12-6-2-4-8-14(12)19/h1-10H. The van der Waals surface area contributed by atoms with Gasteiger partial charge in [-0.3, -0.25) is 0 Å². The van der Waals surface area contributed by atoms with Crippen LogP contribution in [0.2, 0.25) is 0 Å². The maximum absolute atomic E-state index is 14.1. The minimum absolute atomic E-state index is 0.134. The SMILES string of the molecule is O=C1C=CC(=C(c2ccccc2F)c2ccccc2F)O1. The van der Waals surface area contributed by atoms with Crippen LogP contribution in [0.4, 0.5) is 8.78 Å². The molecule has 2 nitrogen and oxygen atoms in total. The third-order valence-electron chi connectivity index (χ3n) is 3.11. The van der Waals surface area contributed by atoms with Gasteiger partial charge in [0.25, 0.3) is 0 Å². The molecule has 1 heterocycles. The first-order chi connectivity index (χ1) is 10.2. The molecule has 0 unspecified atom stereocenters. The molecule has 0 saturated carbocycles. The van der Waals surface area contributed by atoms with E-state index in [0.29, 0.717) is 0 Å². The summed E-state index contributed by atoms with van der Waals surface area (Å²) >= 11 is 0. The van der Waals surface area contributed by atoms with Crippen LogP contribution in [0.15, 0.2) is 66.4 Å². The number of benzene rings is 2. The van der Waals surface area contributed by atoms with Crippen molar-refractivity contribution in [2.24, 2.45) is 0 Å². The topological polar surface area (TPSA) is 26.3 Å². The lowest BCUT2D eigenvalue weighted by Gasteiger charge is -2.12. The van der Waals surface area contributed by atoms with Gasteiger partial charge in [-0.1, -0.05) is 36.4 Å². The number of cyclic esters (lactones) is 1. The average Bonchev–Trinajstić information content (AvgIpc) is 2.90. The van der Waals surface area contributed by atoms with Gasteiger partial charge in [0.15, 0.2) is 0 Å². The molecular weight excluding hydrogens is 274 g/mol. The van der Waals surface area contributed by atoms with Crippen molar-refractivity contribution in [1.29, 1.82) is 0 Å². The highest BCUT2D eigenvalue weighted by atomic mass is 19.1. The molecule has 3 rings (SSSR count). The number of carbonyl (C=O) groups excluding carboxylic acids is 1. The third-order valence-corrected chi connectivity index (χ3v) is 3.11. The molecule has 21 heavy (non-hydrogen) atoms. The van der Waals surface area contributed by atoms with Gasteiger partial charge in [-0.2, -0.15) is 0 Å². The molecule has 1 aliphatic rings. The molecule has 0 saturated heterocycles. The zero-order chi connectivity index (χ0) is 14.8. The van der Waals surface area contributed by atoms with Crippen LogP contribution in [-0.4, -0.2) is 5.97 Å². The van der Waals surface area contributed by atoms with Crippen LogP contribution in [0.25, 0.3) is 5.57 Å². The van der Waals surface area contributed by atoms with E-state index in [9.17, 15) is 13.6 Å². The Bertz CT molecular complexity index is 728. The number of rotatable bonds is 2. The van der Waals surface area contributed by atoms with E-state index in [1.807, 2.05) is 0 Å². The summed E-state index contributed by atoms with van der Waals surface area (Å²) in [6.07, 6.45) is 2.63. The van der Waals surface area contributed by atoms with Crippen LogP contribution in [0.5, 0.6) is 0 Å². The first kappa shape index (κ1) is 13.2. The van der Waals surface area contributed by atoms with Crippen molar-refractivity contribution in [1.82, 2.24) is 0 Å². The maximum Gasteiger partial charge on any atom is 0.336 e. The Morgan fingerprint density at radius 1 is 0.810 bits per heavy atom. The molecule has 0 radical (unpaired) electrons. The average molecular weight is 284 g/mol. The van der Waals surface area contributed by atoms with E-state index in [1.165, 1.54) is 36.4 Å². The summed E-state index contributed by atoms with van der Waals surface area (Å²) in [5.41, 5.74) is 0.571. The molecule has 0 amide bonds. The van der Waals surface area contributed by atoms with Crippen LogP contribution in [0, 0.1) is 11.6 Å². The smallest absolute Gasteiger partial charge is 0.336 e. The second-order valence-corrected chi connectivity index (χ2v) is 4.45. The Kier molecular flexibility index (Phi) is 3.36. The molecule has 104 valence electrons. The van der Waals surface area contributed by atoms with E-state index in [2.05, 4.69) is 0 Å². The number of halogens is 2. The summed E-state index contributed by atoms with van der Waals surface area (Å²) in [5.74, 6) is -1.45. The van der Waals surface area contributed by atoms with Crippen LogP contribution in [0.1, 0.15) is 11.1 Å². The zero-order valence-electron chi connectivity index (χ0n) is 10.8. The molecule has 0 spiro atoms. The normalized spacial score (nSPS) is 13.4. The van der Waals surface area contributed by atoms with Crippen LogP contribution in [-0.2, 0) is 9.53 Å². The Labute approximate surface area is 120 Å². The van der Waals surface area contributed by atoms with Crippen molar-refractivity contribution in [3.8, 4) is 0 Å². The Morgan fingerprint density at radius 2 is 1.33 bits per heavy atom. The fraction of sp³-hybridized carbons (Fsp3) is 0. The Hall–Kier alpha value is -2.75. The highest BCUT2D eigenvalue weighted by Gasteiger charge is 2.22. The predicted octanol–water partition coefficient (Wildman–Crippen LogP) is 3.84. The molecule has 1 aliphatic heterocycles. The quantitative estimate of drug-likeness (QED) is 0.783. The second-order valence-electron chi connectivity index (χ2n) is 4.45. The van der Waals surface area contributed by atoms with Crippen molar-refractivity contribution in [2.75, 3.05) is 0 Å². The summed E-state index contributed by atoms with van der Waals surface area (Å²) in [6.45, 7) is 0. The highest BCUT2D eigenvalue weighted by Crippen LogP contribution is 2.33. The molecule has 0 N–H and O–H groups in total. The van der Waals surface area contributed by atoms with Gasteiger partial charge in [0, 0.05) is 22.8 Å². The van der Waals surface area contributed by atoms with Gasteiger partial charge in [0.2, 0.25) is 0 Å². The highest BCUT2D eigenvalue weighted by molar-refractivity contribution is 5.92. The van der Waals surface area contributed by atoms with E-state index in [-0.39, 0.29) is 22.5 Å². The first-order valence-corrected chi connectivity index (χ1v) is 6.31. The number of hydrogen-bond donors (Lipinski definition) is 0. The molecule has 2 aromatic carbocycles. The fourth-order valence-corrected chi connectivity index (χ4v) is 2.19. The predicted molar refractivity (Wildman–Crippen MR) is 74.1 cm³/mol. The van der Waals surface area contributed by atoms with Gasteiger partial charge in [0.1, 0.15) is 17.4 Å². The third kappa shape index (κ3) is 2.48. The molecule has 0 fully saturated rings. The van der Waals surface area contributed by atoms with Gasteiger partial charge < -0.3 is 4.74 Å². The molecule has 0 aliphatic carbocycles. The second kappa shape index (κ2) is 5.32. The van der Waals surface area contributed by atoms with Crippen molar-refractivity contribution in [2.45, 2.75) is 0 Å². The van der Waals surface area contributed by atoms with Gasteiger partial charge in [-0.25, -0.2) is 13.6 Å². The van der Waals surface area contributed by atoms with Crippen molar-refractivity contribution in [3.05, 3.63) is 89.2 Å². The monoisotopic (exact) mass is 284 g/mol. The molecule has 0 bridgehead atoms. The summed E-state index contributed by atoms with van der Waals surface area (Å²) in [6, 6.07) is 11.9. The molecule has 0 aromatic heterocycles. The lowest BCUT2D eigenvalue weighted by molar-refractivity contribution is -0.132. The first-order valence-electron chi connectivity index (χ1n) is 6.31. The van der Waals surface area contributed by atoms with Crippen LogP contribution < -0.4 is 0 Å². The Morgan fingerprint density at radius 3 is 1.76 bits per heavy atom. The minimum Gasteiger partial charge on any atom is -0.423 e. The molecule has 4 heteroatoms. The summed E-state index contributed by atoms with van der Waals surface area (Å²) in [5, 5.41) is 0.